The predicted octanol–water partition coefficient (Wildman–Crippen LogP) is 2.84. The van der Waals surface area contributed by atoms with Gasteiger partial charge < -0.3 is 14.9 Å². The number of hydrogen-bond acceptors (Lipinski definition) is 5. The molecule has 0 N–H and O–H groups in total. The molecule has 0 unspecified atom stereocenters. The van der Waals surface area contributed by atoms with E-state index in [1.807, 2.05) is 0 Å². The molecule has 0 atom stereocenters. The minimum absolute atomic E-state index is 0.141. The summed E-state index contributed by atoms with van der Waals surface area (Å²) in [5.74, 6) is 0.967. The molecule has 0 aliphatic carbocycles. The highest BCUT2D eigenvalue weighted by Crippen LogP contribution is 2.15. The van der Waals surface area contributed by atoms with Crippen LogP contribution in [0.1, 0.15) is 16.2 Å². The summed E-state index contributed by atoms with van der Waals surface area (Å²) in [5.41, 5.74) is 0.475. The molecule has 8 heteroatoms. The van der Waals surface area contributed by atoms with Gasteiger partial charge in [0.1, 0.15) is 18.6 Å². The van der Waals surface area contributed by atoms with Crippen molar-refractivity contribution in [2.24, 2.45) is 7.05 Å². The fraction of sp³-hybridized carbons (Fsp3) is 0.200. The Kier molecular flexibility index (Phi) is 5.48. The molecule has 0 saturated carbocycles. The van der Waals surface area contributed by atoms with E-state index in [4.69, 9.17) is 16.3 Å². The Balaban J connectivity index is 2.08. The van der Waals surface area contributed by atoms with Crippen LogP contribution in [0.2, 0.25) is 0 Å². The average molecular weight is 336 g/mol. The number of allylic oxidation sites excluding steroid dienone is 1. The summed E-state index contributed by atoms with van der Waals surface area (Å²) >= 11 is 5.53. The maximum atomic E-state index is 12.1. The van der Waals surface area contributed by atoms with Crippen molar-refractivity contribution in [3.63, 3.8) is 0 Å². The topological polar surface area (TPSA) is 87.3 Å². The van der Waals surface area contributed by atoms with Crippen molar-refractivity contribution in [3.05, 3.63) is 58.0 Å². The molecular weight excluding hydrogens is 322 g/mol. The van der Waals surface area contributed by atoms with Crippen LogP contribution >= 0.6 is 11.6 Å². The number of ketones is 1. The molecule has 0 amide bonds. The third-order valence-corrected chi connectivity index (χ3v) is 3.21. The lowest BCUT2D eigenvalue weighted by molar-refractivity contribution is -0.391. The zero-order valence-corrected chi connectivity index (χ0v) is 13.1. The summed E-state index contributed by atoms with van der Waals surface area (Å²) in [6.45, 7) is 0.396. The number of ether oxygens (including phenoxy) is 1. The molecule has 23 heavy (non-hydrogen) atoms. The Morgan fingerprint density at radius 2 is 2.13 bits per heavy atom. The second-order valence-electron chi connectivity index (χ2n) is 4.55. The van der Waals surface area contributed by atoms with Crippen LogP contribution in [0, 0.1) is 10.1 Å². The van der Waals surface area contributed by atoms with E-state index < -0.39 is 4.92 Å². The third-order valence-electron chi connectivity index (χ3n) is 3.06. The van der Waals surface area contributed by atoms with E-state index in [-0.39, 0.29) is 11.6 Å². The van der Waals surface area contributed by atoms with E-state index in [1.54, 1.807) is 24.3 Å². The number of benzene rings is 1. The highest BCUT2D eigenvalue weighted by Gasteiger charge is 2.14. The summed E-state index contributed by atoms with van der Waals surface area (Å²) in [4.78, 5) is 26.2. The standard InChI is InChI=1S/C15H14ClN3O4/c1-18-14(17-10-15(18)19(21)22)7-6-13(20)11-2-4-12(5-3-11)23-9-8-16/h2-7,10H,8-9H2,1H3/b7-6+. The van der Waals surface area contributed by atoms with Crippen molar-refractivity contribution in [2.75, 3.05) is 12.5 Å². The van der Waals surface area contributed by atoms with Gasteiger partial charge in [0.2, 0.25) is 5.82 Å². The normalized spacial score (nSPS) is 10.9. The van der Waals surface area contributed by atoms with E-state index >= 15 is 0 Å². The van der Waals surface area contributed by atoms with Crippen molar-refractivity contribution < 1.29 is 14.5 Å². The van der Waals surface area contributed by atoms with Gasteiger partial charge in [-0.25, -0.2) is 9.55 Å². The Labute approximate surface area is 137 Å². The smallest absolute Gasteiger partial charge is 0.342 e. The zero-order valence-electron chi connectivity index (χ0n) is 12.3. The van der Waals surface area contributed by atoms with E-state index in [0.29, 0.717) is 29.6 Å². The van der Waals surface area contributed by atoms with Crippen LogP contribution in [-0.4, -0.2) is 32.7 Å². The van der Waals surface area contributed by atoms with E-state index in [2.05, 4.69) is 4.98 Å². The molecule has 2 rings (SSSR count). The molecule has 120 valence electrons. The molecule has 0 fully saturated rings. The van der Waals surface area contributed by atoms with Gasteiger partial charge in [-0.1, -0.05) is 0 Å². The summed E-state index contributed by atoms with van der Waals surface area (Å²) in [6.07, 6.45) is 3.90. The first-order valence-corrected chi connectivity index (χ1v) is 7.23. The first-order valence-electron chi connectivity index (χ1n) is 6.70. The van der Waals surface area contributed by atoms with Gasteiger partial charge in [0.05, 0.1) is 12.9 Å². The molecule has 0 spiro atoms. The van der Waals surface area contributed by atoms with Gasteiger partial charge in [-0.05, 0) is 35.3 Å². The molecule has 1 aromatic heterocycles. The van der Waals surface area contributed by atoms with Gasteiger partial charge >= 0.3 is 5.82 Å². The summed E-state index contributed by atoms with van der Waals surface area (Å²) in [7, 11) is 1.51. The van der Waals surface area contributed by atoms with Gasteiger partial charge in [-0.2, -0.15) is 0 Å². The van der Waals surface area contributed by atoms with Crippen LogP contribution in [0.4, 0.5) is 5.82 Å². The van der Waals surface area contributed by atoms with E-state index in [0.717, 1.165) is 6.20 Å². The number of imidazole rings is 1. The van der Waals surface area contributed by atoms with Crippen LogP contribution < -0.4 is 4.74 Å². The fourth-order valence-electron chi connectivity index (χ4n) is 1.86. The number of alkyl halides is 1. The molecule has 1 heterocycles. The van der Waals surface area contributed by atoms with Crippen molar-refractivity contribution >= 4 is 29.3 Å². The maximum absolute atomic E-state index is 12.1. The van der Waals surface area contributed by atoms with Crippen molar-refractivity contribution in [2.45, 2.75) is 0 Å². The highest BCUT2D eigenvalue weighted by molar-refractivity contribution is 6.18. The second-order valence-corrected chi connectivity index (χ2v) is 4.93. The number of aromatic nitrogens is 2. The lowest BCUT2D eigenvalue weighted by Crippen LogP contribution is -2.00. The summed E-state index contributed by atoms with van der Waals surface area (Å²) in [5, 5.41) is 10.7. The molecule has 0 radical (unpaired) electrons. The molecule has 7 nitrogen and oxygen atoms in total. The quantitative estimate of drug-likeness (QED) is 0.255. The number of carbonyl (C=O) groups is 1. The molecule has 0 saturated heterocycles. The van der Waals surface area contributed by atoms with Crippen LogP contribution in [0.5, 0.6) is 5.75 Å². The monoisotopic (exact) mass is 335 g/mol. The van der Waals surface area contributed by atoms with Crippen molar-refractivity contribution in [1.82, 2.24) is 9.55 Å². The van der Waals surface area contributed by atoms with Crippen LogP contribution in [0.25, 0.3) is 6.08 Å². The summed E-state index contributed by atoms with van der Waals surface area (Å²) in [6, 6.07) is 6.63. The highest BCUT2D eigenvalue weighted by atomic mass is 35.5. The number of nitrogens with zero attached hydrogens (tertiary/aromatic N) is 3. The maximum Gasteiger partial charge on any atom is 0.342 e. The number of hydrogen-bond donors (Lipinski definition) is 0. The van der Waals surface area contributed by atoms with E-state index in [9.17, 15) is 14.9 Å². The second kappa shape index (κ2) is 7.55. The van der Waals surface area contributed by atoms with Gasteiger partial charge in [0.15, 0.2) is 5.78 Å². The van der Waals surface area contributed by atoms with Gasteiger partial charge in [0.25, 0.3) is 0 Å². The molecule has 1 aromatic carbocycles. The SMILES string of the molecule is Cn1c([N+](=O)[O-])cnc1/C=C/C(=O)c1ccc(OCCCl)cc1. The largest absolute Gasteiger partial charge is 0.492 e. The molecular formula is C15H14ClN3O4. The predicted molar refractivity (Wildman–Crippen MR) is 85.9 cm³/mol. The third kappa shape index (κ3) is 4.17. The first-order chi connectivity index (χ1) is 11.0. The molecule has 0 aliphatic heterocycles. The average Bonchev–Trinajstić information content (AvgIpc) is 2.92. The minimum atomic E-state index is -0.536. The van der Waals surface area contributed by atoms with Crippen molar-refractivity contribution in [3.8, 4) is 5.75 Å². The number of nitro groups is 1. The zero-order chi connectivity index (χ0) is 16.8. The lowest BCUT2D eigenvalue weighted by Gasteiger charge is -2.03. The van der Waals surface area contributed by atoms with Crippen molar-refractivity contribution in [1.29, 1.82) is 0 Å². The van der Waals surface area contributed by atoms with Gasteiger partial charge in [-0.15, -0.1) is 11.6 Å². The Morgan fingerprint density at radius 3 is 2.70 bits per heavy atom. The molecule has 0 bridgehead atoms. The van der Waals surface area contributed by atoms with Crippen LogP contribution in [0.15, 0.2) is 36.5 Å². The number of carbonyl (C=O) groups excluding carboxylic acids is 1. The van der Waals surface area contributed by atoms with Gasteiger partial charge in [0, 0.05) is 11.6 Å². The van der Waals surface area contributed by atoms with Crippen LogP contribution in [-0.2, 0) is 7.05 Å². The Morgan fingerprint density at radius 1 is 1.43 bits per heavy atom. The van der Waals surface area contributed by atoms with Gasteiger partial charge in [-0.3, -0.25) is 4.79 Å². The van der Waals surface area contributed by atoms with E-state index in [1.165, 1.54) is 23.8 Å². The fourth-order valence-corrected chi connectivity index (χ4v) is 1.93. The van der Waals surface area contributed by atoms with Crippen LogP contribution in [0.3, 0.4) is 0 Å². The lowest BCUT2D eigenvalue weighted by atomic mass is 10.1. The summed E-state index contributed by atoms with van der Waals surface area (Å²) < 4.78 is 6.62. The molecule has 2 aromatic rings. The minimum Gasteiger partial charge on any atom is -0.492 e. The first kappa shape index (κ1) is 16.7. The molecule has 0 aliphatic rings. The Bertz CT molecular complexity index is 738. The number of rotatable bonds is 7. The number of halogens is 1. The Hall–Kier alpha value is -2.67.